The van der Waals surface area contributed by atoms with Crippen LogP contribution in [0.3, 0.4) is 0 Å². The fraction of sp³-hybridized carbons (Fsp3) is 0.300. The standard InChI is InChI=1S/C20H19FN2O4/c21-14-7-12(19-13(8-14)10-26-11-27-19)9-18(24)23-17-4-2-1-3-16(17)20(25)22-15-5-6-15/h1-4,7-8,15H,5-6,9-11H2,(H,22,25)(H,23,24). The number of hydrogen-bond donors (Lipinski definition) is 2. The molecule has 1 aliphatic heterocycles. The highest BCUT2D eigenvalue weighted by atomic mass is 19.1. The summed E-state index contributed by atoms with van der Waals surface area (Å²) in [6.07, 6.45) is 1.89. The van der Waals surface area contributed by atoms with Crippen molar-refractivity contribution in [2.75, 3.05) is 12.1 Å². The Balaban J connectivity index is 1.51. The van der Waals surface area contributed by atoms with Gasteiger partial charge in [-0.25, -0.2) is 4.39 Å². The number of benzene rings is 2. The van der Waals surface area contributed by atoms with E-state index in [2.05, 4.69) is 10.6 Å². The fourth-order valence-electron chi connectivity index (χ4n) is 3.04. The quantitative estimate of drug-likeness (QED) is 0.849. The van der Waals surface area contributed by atoms with Crippen LogP contribution in [0.4, 0.5) is 10.1 Å². The molecule has 0 aromatic heterocycles. The normalized spacial score (nSPS) is 15.4. The third-order valence-electron chi connectivity index (χ3n) is 4.46. The highest BCUT2D eigenvalue weighted by molar-refractivity contribution is 6.04. The van der Waals surface area contributed by atoms with Gasteiger partial charge in [0.05, 0.1) is 24.3 Å². The first kappa shape index (κ1) is 17.5. The second-order valence-electron chi connectivity index (χ2n) is 6.68. The number of amides is 2. The van der Waals surface area contributed by atoms with Gasteiger partial charge in [0.25, 0.3) is 5.91 Å². The number of anilines is 1. The number of rotatable bonds is 5. The zero-order valence-corrected chi connectivity index (χ0v) is 14.6. The van der Waals surface area contributed by atoms with Gasteiger partial charge >= 0.3 is 0 Å². The van der Waals surface area contributed by atoms with E-state index in [4.69, 9.17) is 9.47 Å². The number of carbonyl (C=O) groups is 2. The Morgan fingerprint density at radius 3 is 2.81 bits per heavy atom. The second kappa shape index (κ2) is 7.36. The molecule has 140 valence electrons. The Kier molecular flexibility index (Phi) is 4.77. The van der Waals surface area contributed by atoms with Gasteiger partial charge in [-0.15, -0.1) is 0 Å². The van der Waals surface area contributed by atoms with Gasteiger partial charge in [-0.3, -0.25) is 9.59 Å². The maximum absolute atomic E-state index is 13.8. The molecule has 4 rings (SSSR count). The monoisotopic (exact) mass is 370 g/mol. The van der Waals surface area contributed by atoms with Crippen molar-refractivity contribution in [2.45, 2.75) is 31.9 Å². The molecule has 0 saturated heterocycles. The van der Waals surface area contributed by atoms with Crippen molar-refractivity contribution in [1.29, 1.82) is 0 Å². The van der Waals surface area contributed by atoms with E-state index in [1.807, 2.05) is 0 Å². The largest absolute Gasteiger partial charge is 0.467 e. The maximum Gasteiger partial charge on any atom is 0.253 e. The molecule has 0 bridgehead atoms. The number of ether oxygens (including phenoxy) is 2. The first-order chi connectivity index (χ1) is 13.1. The molecule has 1 saturated carbocycles. The third-order valence-corrected chi connectivity index (χ3v) is 4.46. The molecule has 6 nitrogen and oxygen atoms in total. The molecule has 1 fully saturated rings. The summed E-state index contributed by atoms with van der Waals surface area (Å²) in [5.74, 6) is -0.533. The molecule has 2 aromatic rings. The molecule has 7 heteroatoms. The van der Waals surface area contributed by atoms with Crippen LogP contribution in [0.15, 0.2) is 36.4 Å². The van der Waals surface area contributed by atoms with Crippen LogP contribution in [0.5, 0.6) is 5.75 Å². The van der Waals surface area contributed by atoms with Gasteiger partial charge in [-0.1, -0.05) is 12.1 Å². The molecular weight excluding hydrogens is 351 g/mol. The SMILES string of the molecule is O=C(Cc1cc(F)cc2c1OCOC2)Nc1ccccc1C(=O)NC1CC1. The smallest absolute Gasteiger partial charge is 0.253 e. The van der Waals surface area contributed by atoms with Crippen molar-refractivity contribution in [3.8, 4) is 5.75 Å². The Hall–Kier alpha value is -2.93. The lowest BCUT2D eigenvalue weighted by Crippen LogP contribution is -2.27. The Morgan fingerprint density at radius 1 is 1.19 bits per heavy atom. The third kappa shape index (κ3) is 4.09. The van der Waals surface area contributed by atoms with Crippen LogP contribution in [-0.4, -0.2) is 24.6 Å². The summed E-state index contributed by atoms with van der Waals surface area (Å²) in [4.78, 5) is 24.9. The number of para-hydroxylation sites is 1. The maximum atomic E-state index is 13.8. The zero-order valence-electron chi connectivity index (χ0n) is 14.6. The van der Waals surface area contributed by atoms with Crippen molar-refractivity contribution in [3.63, 3.8) is 0 Å². The lowest BCUT2D eigenvalue weighted by molar-refractivity contribution is -0.115. The summed E-state index contributed by atoms with van der Waals surface area (Å²) in [7, 11) is 0. The number of carbonyl (C=O) groups excluding carboxylic acids is 2. The molecular formula is C20H19FN2O4. The number of nitrogens with one attached hydrogen (secondary N) is 2. The van der Waals surface area contributed by atoms with E-state index in [-0.39, 0.29) is 37.7 Å². The van der Waals surface area contributed by atoms with E-state index in [1.54, 1.807) is 24.3 Å². The van der Waals surface area contributed by atoms with Crippen molar-refractivity contribution < 1.29 is 23.5 Å². The average molecular weight is 370 g/mol. The highest BCUT2D eigenvalue weighted by Gasteiger charge is 2.25. The Bertz CT molecular complexity index is 896. The number of hydrogen-bond acceptors (Lipinski definition) is 4. The van der Waals surface area contributed by atoms with E-state index >= 15 is 0 Å². The number of fused-ring (bicyclic) bond motifs is 1. The van der Waals surface area contributed by atoms with Gasteiger partial charge in [-0.2, -0.15) is 0 Å². The summed E-state index contributed by atoms with van der Waals surface area (Å²) in [5.41, 5.74) is 1.86. The zero-order chi connectivity index (χ0) is 18.8. The molecule has 2 N–H and O–H groups in total. The van der Waals surface area contributed by atoms with Crippen LogP contribution in [0, 0.1) is 5.82 Å². The topological polar surface area (TPSA) is 76.7 Å². The van der Waals surface area contributed by atoms with Crippen LogP contribution in [0.25, 0.3) is 0 Å². The lowest BCUT2D eigenvalue weighted by atomic mass is 10.0. The molecule has 2 amide bonds. The molecule has 2 aliphatic rings. The summed E-state index contributed by atoms with van der Waals surface area (Å²) in [6, 6.07) is 9.67. The fourth-order valence-corrected chi connectivity index (χ4v) is 3.04. The minimum atomic E-state index is -0.449. The molecule has 27 heavy (non-hydrogen) atoms. The first-order valence-corrected chi connectivity index (χ1v) is 8.82. The molecule has 0 unspecified atom stereocenters. The van der Waals surface area contributed by atoms with Gasteiger partial charge < -0.3 is 20.1 Å². The van der Waals surface area contributed by atoms with Crippen LogP contribution in [0.1, 0.15) is 34.3 Å². The molecule has 1 heterocycles. The Labute approximate surface area is 155 Å². The lowest BCUT2D eigenvalue weighted by Gasteiger charge is -2.20. The predicted octanol–water partition coefficient (Wildman–Crippen LogP) is 2.77. The van der Waals surface area contributed by atoms with E-state index in [9.17, 15) is 14.0 Å². The molecule has 0 atom stereocenters. The second-order valence-corrected chi connectivity index (χ2v) is 6.68. The minimum Gasteiger partial charge on any atom is -0.467 e. The molecule has 0 radical (unpaired) electrons. The van der Waals surface area contributed by atoms with Crippen molar-refractivity contribution >= 4 is 17.5 Å². The Morgan fingerprint density at radius 2 is 2.00 bits per heavy atom. The summed E-state index contributed by atoms with van der Waals surface area (Å²) < 4.78 is 24.4. The predicted molar refractivity (Wildman–Crippen MR) is 95.9 cm³/mol. The molecule has 0 spiro atoms. The first-order valence-electron chi connectivity index (χ1n) is 8.82. The molecule has 2 aromatic carbocycles. The van der Waals surface area contributed by atoms with Crippen LogP contribution in [-0.2, 0) is 22.6 Å². The van der Waals surface area contributed by atoms with Gasteiger partial charge in [0, 0.05) is 17.2 Å². The van der Waals surface area contributed by atoms with Crippen LogP contribution < -0.4 is 15.4 Å². The van der Waals surface area contributed by atoms with E-state index < -0.39 is 5.82 Å². The van der Waals surface area contributed by atoms with Crippen molar-refractivity contribution in [1.82, 2.24) is 5.32 Å². The van der Waals surface area contributed by atoms with E-state index in [0.717, 1.165) is 12.8 Å². The molecule has 1 aliphatic carbocycles. The van der Waals surface area contributed by atoms with Gasteiger partial charge in [0.15, 0.2) is 6.79 Å². The van der Waals surface area contributed by atoms with Crippen LogP contribution in [0.2, 0.25) is 0 Å². The highest BCUT2D eigenvalue weighted by Crippen LogP contribution is 2.30. The minimum absolute atomic E-state index is 0.0669. The summed E-state index contributed by atoms with van der Waals surface area (Å²) >= 11 is 0. The number of halogens is 1. The van der Waals surface area contributed by atoms with Gasteiger partial charge in [-0.05, 0) is 37.1 Å². The van der Waals surface area contributed by atoms with E-state index in [0.29, 0.717) is 28.1 Å². The van der Waals surface area contributed by atoms with Gasteiger partial charge in [0.2, 0.25) is 5.91 Å². The average Bonchev–Trinajstić information content (AvgIpc) is 3.46. The van der Waals surface area contributed by atoms with Crippen molar-refractivity contribution in [2.24, 2.45) is 0 Å². The van der Waals surface area contributed by atoms with Crippen molar-refractivity contribution in [3.05, 3.63) is 58.9 Å². The summed E-state index contributed by atoms with van der Waals surface area (Å²) in [6.45, 7) is 0.309. The van der Waals surface area contributed by atoms with Crippen LogP contribution >= 0.6 is 0 Å². The van der Waals surface area contributed by atoms with Gasteiger partial charge in [0.1, 0.15) is 11.6 Å². The summed E-state index contributed by atoms with van der Waals surface area (Å²) in [5, 5.41) is 5.66. The van der Waals surface area contributed by atoms with E-state index in [1.165, 1.54) is 12.1 Å².